The Hall–Kier alpha value is -1.83. The van der Waals surface area contributed by atoms with Crippen molar-refractivity contribution in [1.29, 1.82) is 0 Å². The van der Waals surface area contributed by atoms with Crippen LogP contribution in [0, 0.1) is 0 Å². The van der Waals surface area contributed by atoms with Gasteiger partial charge in [0.05, 0.1) is 0 Å². The summed E-state index contributed by atoms with van der Waals surface area (Å²) in [6.07, 6.45) is 1.48. The van der Waals surface area contributed by atoms with Gasteiger partial charge in [0.2, 0.25) is 0 Å². The predicted molar refractivity (Wildman–Crippen MR) is 73.0 cm³/mol. The van der Waals surface area contributed by atoms with E-state index in [2.05, 4.69) is 10.6 Å². The predicted octanol–water partition coefficient (Wildman–Crippen LogP) is 0.563. The van der Waals surface area contributed by atoms with E-state index < -0.39 is 29.6 Å². The molecule has 0 aromatic carbocycles. The molecule has 2 amide bonds. The van der Waals surface area contributed by atoms with Crippen molar-refractivity contribution in [2.24, 2.45) is 0 Å². The van der Waals surface area contributed by atoms with Crippen molar-refractivity contribution in [3.8, 4) is 0 Å². The molecule has 1 atom stereocenters. The Bertz CT molecular complexity index is 392. The fraction of sp³-hybridized carbons (Fsp3) is 0.769. The van der Waals surface area contributed by atoms with Crippen molar-refractivity contribution in [2.75, 3.05) is 13.2 Å². The van der Waals surface area contributed by atoms with Gasteiger partial charge >= 0.3 is 18.0 Å². The molecule has 1 aliphatic rings. The zero-order valence-corrected chi connectivity index (χ0v) is 12.1. The van der Waals surface area contributed by atoms with Gasteiger partial charge in [0.15, 0.2) is 0 Å². The molecule has 8 nitrogen and oxygen atoms in total. The van der Waals surface area contributed by atoms with Gasteiger partial charge < -0.3 is 25.6 Å². The second-order valence-electron chi connectivity index (χ2n) is 5.45. The highest BCUT2D eigenvalue weighted by Crippen LogP contribution is 2.19. The molecular formula is C13H22N2O6. The van der Waals surface area contributed by atoms with Crippen molar-refractivity contribution in [2.45, 2.75) is 50.6 Å². The first-order valence-electron chi connectivity index (χ1n) is 6.93. The van der Waals surface area contributed by atoms with Gasteiger partial charge in [0.25, 0.3) is 0 Å². The number of hydrogen-bond donors (Lipinski definition) is 4. The first kappa shape index (κ1) is 17.2. The SMILES string of the molecule is CC1(NC(=O)N[C@H](CCCC(=O)O)C(=O)O)CCOCC1. The van der Waals surface area contributed by atoms with E-state index in [-0.39, 0.29) is 19.3 Å². The molecule has 8 heteroatoms. The number of urea groups is 1. The smallest absolute Gasteiger partial charge is 0.326 e. The Kier molecular flexibility index (Phi) is 6.41. The van der Waals surface area contributed by atoms with Crippen molar-refractivity contribution in [3.63, 3.8) is 0 Å². The number of carboxylic acid groups (broad SMARTS) is 2. The number of hydrogen-bond acceptors (Lipinski definition) is 4. The summed E-state index contributed by atoms with van der Waals surface area (Å²) in [5.74, 6) is -2.16. The topological polar surface area (TPSA) is 125 Å². The average Bonchev–Trinajstić information content (AvgIpc) is 2.37. The number of ether oxygens (including phenoxy) is 1. The summed E-state index contributed by atoms with van der Waals surface area (Å²) in [7, 11) is 0. The number of amides is 2. The summed E-state index contributed by atoms with van der Waals surface area (Å²) in [5.41, 5.74) is -0.410. The van der Waals surface area contributed by atoms with Crippen LogP contribution in [-0.2, 0) is 14.3 Å². The highest BCUT2D eigenvalue weighted by atomic mass is 16.5. The maximum atomic E-state index is 11.9. The van der Waals surface area contributed by atoms with E-state index in [4.69, 9.17) is 14.9 Å². The number of carbonyl (C=O) groups is 3. The first-order valence-corrected chi connectivity index (χ1v) is 6.93. The average molecular weight is 302 g/mol. The number of carboxylic acids is 2. The Labute approximate surface area is 122 Å². The third kappa shape index (κ3) is 6.44. The molecule has 0 unspecified atom stereocenters. The lowest BCUT2D eigenvalue weighted by Crippen LogP contribution is -2.55. The highest BCUT2D eigenvalue weighted by Gasteiger charge is 2.30. The van der Waals surface area contributed by atoms with Crippen LogP contribution in [0.4, 0.5) is 4.79 Å². The summed E-state index contributed by atoms with van der Waals surface area (Å²) in [5, 5.41) is 22.7. The maximum absolute atomic E-state index is 11.9. The molecule has 21 heavy (non-hydrogen) atoms. The molecule has 0 bridgehead atoms. The minimum absolute atomic E-state index is 0.0783. The van der Waals surface area contributed by atoms with Crippen LogP contribution in [0.1, 0.15) is 39.0 Å². The van der Waals surface area contributed by atoms with Crippen LogP contribution >= 0.6 is 0 Å². The lowest BCUT2D eigenvalue weighted by atomic mass is 9.93. The lowest BCUT2D eigenvalue weighted by molar-refractivity contribution is -0.140. The van der Waals surface area contributed by atoms with Crippen LogP contribution < -0.4 is 10.6 Å². The molecule has 0 saturated carbocycles. The van der Waals surface area contributed by atoms with Crippen molar-refractivity contribution in [1.82, 2.24) is 10.6 Å². The maximum Gasteiger partial charge on any atom is 0.326 e. The van der Waals surface area contributed by atoms with Gasteiger partial charge in [0.1, 0.15) is 6.04 Å². The second kappa shape index (κ2) is 7.82. The summed E-state index contributed by atoms with van der Waals surface area (Å²) in [6.45, 7) is 2.99. The zero-order valence-electron chi connectivity index (χ0n) is 12.1. The Morgan fingerprint density at radius 2 is 1.86 bits per heavy atom. The van der Waals surface area contributed by atoms with Crippen LogP contribution in [-0.4, -0.2) is 53.0 Å². The standard InChI is InChI=1S/C13H22N2O6/c1-13(5-7-21-8-6-13)15-12(20)14-9(11(18)19)3-2-4-10(16)17/h9H,2-8H2,1H3,(H,16,17)(H,18,19)(H2,14,15,20)/t9-/m1/s1. The van der Waals surface area contributed by atoms with E-state index >= 15 is 0 Å². The van der Waals surface area contributed by atoms with Gasteiger partial charge in [-0.05, 0) is 32.6 Å². The number of rotatable bonds is 7. The van der Waals surface area contributed by atoms with Gasteiger partial charge in [-0.15, -0.1) is 0 Å². The van der Waals surface area contributed by atoms with Gasteiger partial charge in [-0.25, -0.2) is 9.59 Å². The Morgan fingerprint density at radius 3 is 2.38 bits per heavy atom. The number of nitrogens with one attached hydrogen (secondary N) is 2. The Balaban J connectivity index is 2.44. The number of carbonyl (C=O) groups excluding carboxylic acids is 1. The lowest BCUT2D eigenvalue weighted by Gasteiger charge is -2.34. The molecule has 0 aromatic rings. The van der Waals surface area contributed by atoms with E-state index in [9.17, 15) is 14.4 Å². The fourth-order valence-electron chi connectivity index (χ4n) is 2.13. The van der Waals surface area contributed by atoms with Crippen LogP contribution in [0.15, 0.2) is 0 Å². The minimum atomic E-state index is -1.17. The zero-order chi connectivity index (χ0) is 15.9. The summed E-state index contributed by atoms with van der Waals surface area (Å²) in [4.78, 5) is 33.4. The normalized spacial score (nSPS) is 18.5. The molecule has 1 rings (SSSR count). The molecule has 0 aliphatic carbocycles. The second-order valence-corrected chi connectivity index (χ2v) is 5.45. The molecule has 1 aliphatic heterocycles. The monoisotopic (exact) mass is 302 g/mol. The molecular weight excluding hydrogens is 280 g/mol. The molecule has 1 heterocycles. The molecule has 0 aromatic heterocycles. The third-order valence-electron chi connectivity index (χ3n) is 3.50. The van der Waals surface area contributed by atoms with Crippen molar-refractivity contribution >= 4 is 18.0 Å². The quantitative estimate of drug-likeness (QED) is 0.544. The van der Waals surface area contributed by atoms with Gasteiger partial charge in [-0.1, -0.05) is 0 Å². The molecule has 1 saturated heterocycles. The third-order valence-corrected chi connectivity index (χ3v) is 3.50. The van der Waals surface area contributed by atoms with E-state index in [0.29, 0.717) is 26.1 Å². The minimum Gasteiger partial charge on any atom is -0.481 e. The van der Waals surface area contributed by atoms with E-state index in [0.717, 1.165) is 0 Å². The largest absolute Gasteiger partial charge is 0.481 e. The fourth-order valence-corrected chi connectivity index (χ4v) is 2.13. The van der Waals surface area contributed by atoms with Gasteiger partial charge in [-0.2, -0.15) is 0 Å². The number of aliphatic carboxylic acids is 2. The summed E-state index contributed by atoms with van der Waals surface area (Å²) in [6, 6.07) is -1.64. The molecule has 1 fully saturated rings. The van der Waals surface area contributed by atoms with Crippen molar-refractivity contribution < 1.29 is 29.3 Å². The molecule has 0 radical (unpaired) electrons. The van der Waals surface area contributed by atoms with Gasteiger partial charge in [-0.3, -0.25) is 4.79 Å². The van der Waals surface area contributed by atoms with Crippen molar-refractivity contribution in [3.05, 3.63) is 0 Å². The van der Waals surface area contributed by atoms with Crippen LogP contribution in [0.2, 0.25) is 0 Å². The van der Waals surface area contributed by atoms with Crippen LogP contribution in [0.25, 0.3) is 0 Å². The summed E-state index contributed by atoms with van der Waals surface area (Å²) < 4.78 is 5.22. The van der Waals surface area contributed by atoms with Crippen LogP contribution in [0.3, 0.4) is 0 Å². The Morgan fingerprint density at radius 1 is 1.24 bits per heavy atom. The summed E-state index contributed by atoms with van der Waals surface area (Å²) >= 11 is 0. The molecule has 0 spiro atoms. The molecule has 4 N–H and O–H groups in total. The first-order chi connectivity index (χ1) is 9.82. The van der Waals surface area contributed by atoms with Crippen LogP contribution in [0.5, 0.6) is 0 Å². The van der Waals surface area contributed by atoms with E-state index in [1.54, 1.807) is 0 Å². The van der Waals surface area contributed by atoms with E-state index in [1.165, 1.54) is 0 Å². The van der Waals surface area contributed by atoms with Gasteiger partial charge in [0, 0.05) is 25.2 Å². The van der Waals surface area contributed by atoms with E-state index in [1.807, 2.05) is 6.92 Å². The molecule has 120 valence electrons. The highest BCUT2D eigenvalue weighted by molar-refractivity contribution is 5.82.